The third-order valence-corrected chi connectivity index (χ3v) is 7.16. The minimum Gasteiger partial charge on any atom is -0.547 e. The van der Waals surface area contributed by atoms with Crippen LogP contribution in [-0.4, -0.2) is 9.04 Å². The Hall–Kier alpha value is -1.49. The smallest absolute Gasteiger partial charge is 0.229 e. The summed E-state index contributed by atoms with van der Waals surface area (Å²) >= 11 is 3.62. The Kier molecular flexibility index (Phi) is 6.51. The zero-order valence-electron chi connectivity index (χ0n) is 16.7. The summed E-state index contributed by atoms with van der Waals surface area (Å²) in [5, 5.41) is 2.13. The van der Waals surface area contributed by atoms with E-state index in [2.05, 4.69) is 99.9 Å². The average molecular weight is 413 g/mol. The molecule has 1 aromatic heterocycles. The first-order chi connectivity index (χ1) is 12.8. The molecule has 0 spiro atoms. The fourth-order valence-corrected chi connectivity index (χ4v) is 5.86. The predicted octanol–water partition coefficient (Wildman–Crippen LogP) is 7.44. The van der Waals surface area contributed by atoms with Crippen LogP contribution < -0.4 is 4.43 Å². The molecule has 3 aromatic rings. The van der Waals surface area contributed by atoms with Crippen LogP contribution in [0.15, 0.2) is 75.1 Å². The highest BCUT2D eigenvalue weighted by Gasteiger charge is 2.30. The molecular formula is C23H28OS2Si. The van der Waals surface area contributed by atoms with Crippen LogP contribution in [-0.2, 0) is 0 Å². The molecule has 0 saturated carbocycles. The molecule has 3 rings (SSSR count). The van der Waals surface area contributed by atoms with Gasteiger partial charge in [0.2, 0.25) is 9.04 Å². The lowest BCUT2D eigenvalue weighted by atomic mass is 9.72. The van der Waals surface area contributed by atoms with Crippen LogP contribution >= 0.6 is 23.1 Å². The lowest BCUT2D eigenvalue weighted by molar-refractivity contribution is 0.353. The summed E-state index contributed by atoms with van der Waals surface area (Å²) in [5.74, 6) is 1.35. The van der Waals surface area contributed by atoms with E-state index in [4.69, 9.17) is 4.43 Å². The Bertz CT molecular complexity index is 849. The molecule has 142 valence electrons. The number of hydrogen-bond acceptors (Lipinski definition) is 3. The molecular weight excluding hydrogens is 384 g/mol. The molecule has 0 N–H and O–H groups in total. The molecule has 0 aliphatic carbocycles. The van der Waals surface area contributed by atoms with Crippen molar-refractivity contribution in [2.45, 2.75) is 48.9 Å². The van der Waals surface area contributed by atoms with E-state index < -0.39 is 9.04 Å². The summed E-state index contributed by atoms with van der Waals surface area (Å²) in [4.78, 5) is 1.29. The van der Waals surface area contributed by atoms with E-state index in [9.17, 15) is 0 Å². The molecule has 1 nitrogen and oxygen atoms in total. The molecule has 0 amide bonds. The Morgan fingerprint density at radius 3 is 2.22 bits per heavy atom. The normalized spacial score (nSPS) is 13.0. The van der Waals surface area contributed by atoms with Gasteiger partial charge in [-0.1, -0.05) is 68.9 Å². The van der Waals surface area contributed by atoms with Gasteiger partial charge in [0.15, 0.2) is 0 Å². The van der Waals surface area contributed by atoms with Crippen molar-refractivity contribution in [3.05, 3.63) is 77.2 Å². The van der Waals surface area contributed by atoms with Gasteiger partial charge in [-0.25, -0.2) is 0 Å². The summed E-state index contributed by atoms with van der Waals surface area (Å²) in [6.45, 7) is 11.4. The minimum atomic E-state index is -1.16. The van der Waals surface area contributed by atoms with Crippen molar-refractivity contribution in [3.63, 3.8) is 0 Å². The van der Waals surface area contributed by atoms with Crippen LogP contribution in [0.25, 0.3) is 0 Å². The Labute approximate surface area is 173 Å². The van der Waals surface area contributed by atoms with E-state index in [0.29, 0.717) is 5.92 Å². The van der Waals surface area contributed by atoms with Gasteiger partial charge in [0.1, 0.15) is 5.75 Å². The van der Waals surface area contributed by atoms with Gasteiger partial charge in [-0.3, -0.25) is 0 Å². The van der Waals surface area contributed by atoms with Crippen LogP contribution in [0.3, 0.4) is 0 Å². The minimum absolute atomic E-state index is 0.0976. The molecule has 27 heavy (non-hydrogen) atoms. The molecule has 0 radical (unpaired) electrons. The second-order valence-electron chi connectivity index (χ2n) is 8.11. The quantitative estimate of drug-likeness (QED) is 0.389. The predicted molar refractivity (Wildman–Crippen MR) is 122 cm³/mol. The first-order valence-corrected chi connectivity index (χ1v) is 13.9. The molecule has 0 fully saturated rings. The van der Waals surface area contributed by atoms with Crippen molar-refractivity contribution in [1.82, 2.24) is 0 Å². The monoisotopic (exact) mass is 412 g/mol. The highest BCUT2D eigenvalue weighted by Crippen LogP contribution is 2.44. The van der Waals surface area contributed by atoms with E-state index in [1.807, 2.05) is 11.8 Å². The van der Waals surface area contributed by atoms with Crippen molar-refractivity contribution in [1.29, 1.82) is 0 Å². The average Bonchev–Trinajstić information content (AvgIpc) is 3.09. The van der Waals surface area contributed by atoms with Crippen LogP contribution in [0.5, 0.6) is 5.75 Å². The first-order valence-electron chi connectivity index (χ1n) is 9.41. The molecule has 0 aliphatic heterocycles. The second-order valence-corrected chi connectivity index (χ2v) is 12.8. The number of rotatable bonds is 6. The maximum atomic E-state index is 6.27. The lowest BCUT2D eigenvalue weighted by Gasteiger charge is -2.33. The zero-order valence-corrected chi connectivity index (χ0v) is 19.5. The van der Waals surface area contributed by atoms with E-state index >= 15 is 0 Å². The van der Waals surface area contributed by atoms with Crippen LogP contribution in [0.1, 0.15) is 37.8 Å². The van der Waals surface area contributed by atoms with Gasteiger partial charge < -0.3 is 4.43 Å². The van der Waals surface area contributed by atoms with Gasteiger partial charge in [-0.15, -0.1) is 11.3 Å². The van der Waals surface area contributed by atoms with E-state index in [1.54, 1.807) is 11.3 Å². The molecule has 1 unspecified atom stereocenters. The zero-order chi connectivity index (χ0) is 19.4. The molecule has 1 atom stereocenters. The molecule has 0 saturated heterocycles. The molecule has 4 heteroatoms. The second kappa shape index (κ2) is 8.68. The molecule has 2 aromatic carbocycles. The van der Waals surface area contributed by atoms with Crippen molar-refractivity contribution >= 4 is 32.1 Å². The van der Waals surface area contributed by atoms with E-state index in [1.165, 1.54) is 20.2 Å². The summed E-state index contributed by atoms with van der Waals surface area (Å²) in [6.07, 6.45) is 0. The van der Waals surface area contributed by atoms with Gasteiger partial charge in [0.25, 0.3) is 0 Å². The molecule has 0 aliphatic rings. The highest BCUT2D eigenvalue weighted by atomic mass is 32.2. The molecule has 0 bridgehead atoms. The van der Waals surface area contributed by atoms with Crippen molar-refractivity contribution in [2.24, 2.45) is 5.41 Å². The van der Waals surface area contributed by atoms with Gasteiger partial charge in [0, 0.05) is 16.4 Å². The Balaban J connectivity index is 1.94. The molecule has 1 heterocycles. The third kappa shape index (κ3) is 5.28. The maximum absolute atomic E-state index is 6.27. The fraction of sp³-hybridized carbons (Fsp3) is 0.304. The van der Waals surface area contributed by atoms with Crippen molar-refractivity contribution in [3.8, 4) is 5.75 Å². The number of thiophene rings is 1. The first kappa shape index (κ1) is 20.2. The standard InChI is InChI=1S/C23H28OS2Si/c1-23(2,3)22(19-9-6-7-10-20(19)24-27(4)5)17-12-14-18(15-13-17)26-21-11-8-16-25-21/h6-16,22,27H,1-5H3. The summed E-state index contributed by atoms with van der Waals surface area (Å²) in [6, 6.07) is 21.9. The van der Waals surface area contributed by atoms with Crippen molar-refractivity contribution in [2.75, 3.05) is 0 Å². The van der Waals surface area contributed by atoms with Gasteiger partial charge >= 0.3 is 0 Å². The van der Waals surface area contributed by atoms with Crippen LogP contribution in [0, 0.1) is 5.41 Å². The Morgan fingerprint density at radius 1 is 0.926 bits per heavy atom. The number of benzene rings is 2. The summed E-state index contributed by atoms with van der Waals surface area (Å²) in [5.41, 5.74) is 2.74. The van der Waals surface area contributed by atoms with Gasteiger partial charge in [-0.2, -0.15) is 0 Å². The number of para-hydroxylation sites is 1. The largest absolute Gasteiger partial charge is 0.547 e. The van der Waals surface area contributed by atoms with Gasteiger partial charge in [-0.05, 0) is 53.7 Å². The number of hydrogen-bond donors (Lipinski definition) is 0. The van der Waals surface area contributed by atoms with E-state index in [-0.39, 0.29) is 5.41 Å². The topological polar surface area (TPSA) is 9.23 Å². The maximum Gasteiger partial charge on any atom is 0.229 e. The van der Waals surface area contributed by atoms with Gasteiger partial charge in [0.05, 0.1) is 4.21 Å². The lowest BCUT2D eigenvalue weighted by Crippen LogP contribution is -2.22. The van der Waals surface area contributed by atoms with Crippen molar-refractivity contribution < 1.29 is 4.43 Å². The van der Waals surface area contributed by atoms with Crippen LogP contribution in [0.2, 0.25) is 13.1 Å². The third-order valence-electron chi connectivity index (χ3n) is 4.39. The SMILES string of the molecule is C[SiH](C)Oc1ccccc1C(c1ccc(Sc2cccs2)cc1)C(C)(C)C. The van der Waals surface area contributed by atoms with Crippen LogP contribution in [0.4, 0.5) is 0 Å². The Morgan fingerprint density at radius 2 is 1.63 bits per heavy atom. The fourth-order valence-electron chi connectivity index (χ4n) is 3.39. The highest BCUT2D eigenvalue weighted by molar-refractivity contribution is 8.01. The summed E-state index contributed by atoms with van der Waals surface area (Å²) < 4.78 is 7.60. The van der Waals surface area contributed by atoms with E-state index in [0.717, 1.165) is 5.75 Å². The summed E-state index contributed by atoms with van der Waals surface area (Å²) in [7, 11) is -1.16.